The number of alkyl halides is 3. The fraction of sp³-hybridized carbons (Fsp3) is 0.281. The van der Waals surface area contributed by atoms with Crippen LogP contribution in [0.3, 0.4) is 0 Å². The van der Waals surface area contributed by atoms with E-state index in [0.29, 0.717) is 39.6 Å². The lowest BCUT2D eigenvalue weighted by Crippen LogP contribution is -2.42. The smallest absolute Gasteiger partial charge is 0.416 e. The Hall–Kier alpha value is -4.64. The van der Waals surface area contributed by atoms with Crippen LogP contribution in [-0.2, 0) is 6.18 Å². The molecule has 0 aliphatic carbocycles. The van der Waals surface area contributed by atoms with Gasteiger partial charge >= 0.3 is 6.18 Å². The number of fused-ring (bicyclic) bond motifs is 1. The van der Waals surface area contributed by atoms with Gasteiger partial charge in [0.15, 0.2) is 0 Å². The van der Waals surface area contributed by atoms with E-state index < -0.39 is 17.6 Å². The highest BCUT2D eigenvalue weighted by atomic mass is 19.4. The molecule has 2 amide bonds. The van der Waals surface area contributed by atoms with Gasteiger partial charge in [-0.3, -0.25) is 14.6 Å². The first-order chi connectivity index (χ1) is 20.5. The highest BCUT2D eigenvalue weighted by molar-refractivity contribution is 6.14. The van der Waals surface area contributed by atoms with E-state index in [0.717, 1.165) is 31.5 Å². The van der Waals surface area contributed by atoms with E-state index in [-0.39, 0.29) is 23.3 Å². The maximum Gasteiger partial charge on any atom is 0.416 e. The number of ether oxygens (including phenoxy) is 1. The Morgan fingerprint density at radius 2 is 1.77 bits per heavy atom. The van der Waals surface area contributed by atoms with Crippen LogP contribution >= 0.6 is 0 Å². The van der Waals surface area contributed by atoms with Crippen LogP contribution in [0.4, 0.5) is 24.5 Å². The van der Waals surface area contributed by atoms with E-state index in [1.54, 1.807) is 42.5 Å². The second kappa shape index (κ2) is 12.3. The Bertz CT molecular complexity index is 1660. The van der Waals surface area contributed by atoms with Crippen molar-refractivity contribution < 1.29 is 27.5 Å². The number of nitrogens with one attached hydrogen (secondary N) is 3. The molecule has 3 N–H and O–H groups in total. The molecule has 8 nitrogen and oxygen atoms in total. The number of anilines is 2. The number of hydrogen-bond acceptors (Lipinski definition) is 6. The molecule has 5 rings (SSSR count). The van der Waals surface area contributed by atoms with E-state index in [4.69, 9.17) is 4.74 Å². The van der Waals surface area contributed by atoms with Crippen LogP contribution in [0.25, 0.3) is 10.8 Å². The molecule has 43 heavy (non-hydrogen) atoms. The molecule has 1 fully saturated rings. The van der Waals surface area contributed by atoms with Crippen LogP contribution in [0.5, 0.6) is 11.5 Å². The predicted octanol–water partition coefficient (Wildman–Crippen LogP) is 6.55. The van der Waals surface area contributed by atoms with Gasteiger partial charge in [0.1, 0.15) is 17.2 Å². The molecule has 1 saturated heterocycles. The maximum atomic E-state index is 13.6. The highest BCUT2D eigenvalue weighted by Gasteiger charge is 2.32. The number of piperidine rings is 1. The van der Waals surface area contributed by atoms with E-state index in [9.17, 15) is 22.8 Å². The van der Waals surface area contributed by atoms with Crippen LogP contribution in [0.1, 0.15) is 46.2 Å². The van der Waals surface area contributed by atoms with E-state index >= 15 is 0 Å². The molecule has 2 atom stereocenters. The Labute approximate surface area is 247 Å². The minimum Gasteiger partial charge on any atom is -0.457 e. The zero-order chi connectivity index (χ0) is 30.7. The molecule has 1 aliphatic heterocycles. The summed E-state index contributed by atoms with van der Waals surface area (Å²) >= 11 is 0. The van der Waals surface area contributed by atoms with Crippen LogP contribution < -0.4 is 20.7 Å². The zero-order valence-corrected chi connectivity index (χ0v) is 24.0. The lowest BCUT2D eigenvalue weighted by atomic mass is 9.98. The summed E-state index contributed by atoms with van der Waals surface area (Å²) in [5, 5.41) is 9.89. The molecular formula is C32H32F3N5O3. The molecule has 11 heteroatoms. The van der Waals surface area contributed by atoms with Crippen LogP contribution in [0.2, 0.25) is 0 Å². The minimum atomic E-state index is -4.56. The minimum absolute atomic E-state index is 0.0578. The summed E-state index contributed by atoms with van der Waals surface area (Å²) in [6, 6.07) is 17.1. The first kappa shape index (κ1) is 29.8. The molecule has 0 bridgehead atoms. The molecule has 3 aromatic carbocycles. The van der Waals surface area contributed by atoms with E-state index in [2.05, 4.69) is 32.8 Å². The van der Waals surface area contributed by atoms with Gasteiger partial charge in [0.05, 0.1) is 16.9 Å². The fourth-order valence-electron chi connectivity index (χ4n) is 5.17. The van der Waals surface area contributed by atoms with Gasteiger partial charge in [-0.25, -0.2) is 0 Å². The second-order valence-corrected chi connectivity index (χ2v) is 10.7. The number of aromatic nitrogens is 1. The van der Waals surface area contributed by atoms with Crippen LogP contribution in [0, 0.1) is 0 Å². The first-order valence-electron chi connectivity index (χ1n) is 13.9. The van der Waals surface area contributed by atoms with Crippen molar-refractivity contribution in [2.75, 3.05) is 31.3 Å². The Balaban J connectivity index is 1.40. The van der Waals surface area contributed by atoms with Crippen molar-refractivity contribution >= 4 is 34.0 Å². The topological polar surface area (TPSA) is 95.6 Å². The molecule has 224 valence electrons. The van der Waals surface area contributed by atoms with Crippen molar-refractivity contribution in [3.05, 3.63) is 89.7 Å². The lowest BCUT2D eigenvalue weighted by Gasteiger charge is -2.36. The number of likely N-dealkylation sites (tertiary alicyclic amines) is 1. The van der Waals surface area contributed by atoms with Gasteiger partial charge < -0.3 is 25.6 Å². The number of carbonyl (C=O) groups excluding carboxylic acids is 2. The van der Waals surface area contributed by atoms with Gasteiger partial charge in [-0.1, -0.05) is 12.1 Å². The SMILES string of the molecule is CNC(=O)c1cc(Oc2ccc3c(C(=O)Nc4cc(C(F)(F)F)ccc4NC4CCN(C)C(C)C4)cccc3c2)ccn1. The van der Waals surface area contributed by atoms with Gasteiger partial charge in [-0.05, 0) is 86.1 Å². The number of benzene rings is 3. The van der Waals surface area contributed by atoms with Gasteiger partial charge in [0.25, 0.3) is 11.8 Å². The molecule has 2 unspecified atom stereocenters. The van der Waals surface area contributed by atoms with Crippen molar-refractivity contribution in [2.45, 2.75) is 38.0 Å². The van der Waals surface area contributed by atoms with Gasteiger partial charge in [-0.15, -0.1) is 0 Å². The summed E-state index contributed by atoms with van der Waals surface area (Å²) in [5.74, 6) is -0.0105. The maximum absolute atomic E-state index is 13.6. The third kappa shape index (κ3) is 6.89. The monoisotopic (exact) mass is 591 g/mol. The largest absolute Gasteiger partial charge is 0.457 e. The summed E-state index contributed by atoms with van der Waals surface area (Å²) in [6.45, 7) is 2.97. The van der Waals surface area contributed by atoms with Gasteiger partial charge in [-0.2, -0.15) is 13.2 Å². The van der Waals surface area contributed by atoms with Gasteiger partial charge in [0, 0.05) is 43.5 Å². The molecule has 1 aliphatic rings. The average Bonchev–Trinajstić information content (AvgIpc) is 2.98. The molecule has 4 aromatic rings. The molecule has 0 saturated carbocycles. The van der Waals surface area contributed by atoms with Crippen LogP contribution in [0.15, 0.2) is 72.9 Å². The van der Waals surface area contributed by atoms with E-state index in [1.807, 2.05) is 7.05 Å². The Morgan fingerprint density at radius 1 is 0.977 bits per heavy atom. The molecule has 0 spiro atoms. The predicted molar refractivity (Wildman–Crippen MR) is 160 cm³/mol. The third-order valence-corrected chi connectivity index (χ3v) is 7.69. The van der Waals surface area contributed by atoms with Crippen molar-refractivity contribution in [1.82, 2.24) is 15.2 Å². The van der Waals surface area contributed by atoms with Crippen molar-refractivity contribution in [3.63, 3.8) is 0 Å². The van der Waals surface area contributed by atoms with Crippen molar-refractivity contribution in [3.8, 4) is 11.5 Å². The summed E-state index contributed by atoms with van der Waals surface area (Å²) < 4.78 is 46.8. The van der Waals surface area contributed by atoms with Crippen LogP contribution in [-0.4, -0.2) is 54.4 Å². The standard InChI is InChI=1S/C32H32F3N5O3/c1-19-15-22(12-14-40(19)3)38-27-10-7-21(32(33,34)35)17-28(27)39-30(41)26-6-4-5-20-16-23(8-9-25(20)26)43-24-11-13-37-29(18-24)31(42)36-2/h4-11,13,16-19,22,38H,12,14-15H2,1-3H3,(H,36,42)(H,39,41). The fourth-order valence-corrected chi connectivity index (χ4v) is 5.17. The highest BCUT2D eigenvalue weighted by Crippen LogP contribution is 2.36. The third-order valence-electron chi connectivity index (χ3n) is 7.69. The molecule has 0 radical (unpaired) electrons. The summed E-state index contributed by atoms with van der Waals surface area (Å²) in [4.78, 5) is 31.7. The molecule has 1 aromatic heterocycles. The molecule has 2 heterocycles. The second-order valence-electron chi connectivity index (χ2n) is 10.7. The Morgan fingerprint density at radius 3 is 2.51 bits per heavy atom. The number of rotatable bonds is 7. The number of pyridine rings is 1. The quantitative estimate of drug-likeness (QED) is 0.226. The van der Waals surface area contributed by atoms with Crippen molar-refractivity contribution in [1.29, 1.82) is 0 Å². The van der Waals surface area contributed by atoms with E-state index in [1.165, 1.54) is 25.4 Å². The number of nitrogens with zero attached hydrogens (tertiary/aromatic N) is 2. The summed E-state index contributed by atoms with van der Waals surface area (Å²) in [5.41, 5.74) is 0.153. The number of amides is 2. The Kier molecular flexibility index (Phi) is 8.54. The lowest BCUT2D eigenvalue weighted by molar-refractivity contribution is -0.137. The number of carbonyl (C=O) groups is 2. The number of halogens is 3. The van der Waals surface area contributed by atoms with Crippen molar-refractivity contribution in [2.24, 2.45) is 0 Å². The van der Waals surface area contributed by atoms with Gasteiger partial charge in [0.2, 0.25) is 0 Å². The first-order valence-corrected chi connectivity index (χ1v) is 13.9. The normalized spacial score (nSPS) is 17.3. The molecular weight excluding hydrogens is 559 g/mol. The number of hydrogen-bond donors (Lipinski definition) is 3. The average molecular weight is 592 g/mol. The summed E-state index contributed by atoms with van der Waals surface area (Å²) in [6.07, 6.45) is -1.44. The summed E-state index contributed by atoms with van der Waals surface area (Å²) in [7, 11) is 3.56. The zero-order valence-electron chi connectivity index (χ0n) is 24.0.